The highest BCUT2D eigenvalue weighted by Gasteiger charge is 2.05. The molecule has 0 aliphatic carbocycles. The van der Waals surface area contributed by atoms with Crippen LogP contribution in [0.1, 0.15) is 11.1 Å². The predicted octanol–water partition coefficient (Wildman–Crippen LogP) is 2.39. The van der Waals surface area contributed by atoms with Gasteiger partial charge in [-0.15, -0.1) is 0 Å². The van der Waals surface area contributed by atoms with Gasteiger partial charge < -0.3 is 0 Å². The molecule has 0 radical (unpaired) electrons. The van der Waals surface area contributed by atoms with Crippen molar-refractivity contribution in [3.05, 3.63) is 59.7 Å². The van der Waals surface area contributed by atoms with E-state index in [1.54, 1.807) is 18.3 Å². The smallest absolute Gasteiger partial charge is 0.238 e. The van der Waals surface area contributed by atoms with Crippen LogP contribution >= 0.6 is 0 Å². The molecule has 19 heavy (non-hydrogen) atoms. The molecule has 98 valence electrons. The molecule has 5 heteroatoms. The minimum Gasteiger partial charge on any atom is -0.256 e. The molecule has 0 aliphatic rings. The highest BCUT2D eigenvalue weighted by atomic mass is 32.2. The Kier molecular flexibility index (Phi) is 3.78. The molecule has 2 N–H and O–H groups in total. The first-order chi connectivity index (χ1) is 8.95. The molecular formula is C14H14N2O2S. The van der Waals surface area contributed by atoms with E-state index < -0.39 is 10.0 Å². The van der Waals surface area contributed by atoms with Crippen molar-refractivity contribution in [2.75, 3.05) is 0 Å². The van der Waals surface area contributed by atoms with E-state index in [0.29, 0.717) is 0 Å². The van der Waals surface area contributed by atoms with E-state index in [4.69, 9.17) is 5.14 Å². The van der Waals surface area contributed by atoms with Crippen LogP contribution in [0.2, 0.25) is 0 Å². The number of rotatable bonds is 3. The Morgan fingerprint density at radius 2 is 1.58 bits per heavy atom. The summed E-state index contributed by atoms with van der Waals surface area (Å²) in [4.78, 5) is 4.40. The normalized spacial score (nSPS) is 11.9. The molecule has 0 saturated heterocycles. The summed E-state index contributed by atoms with van der Waals surface area (Å²) >= 11 is 0. The van der Waals surface area contributed by atoms with Gasteiger partial charge in [-0.05, 0) is 36.8 Å². The van der Waals surface area contributed by atoms with E-state index in [0.717, 1.165) is 11.3 Å². The maximum atomic E-state index is 11.1. The number of benzene rings is 2. The van der Waals surface area contributed by atoms with Crippen molar-refractivity contribution in [3.8, 4) is 0 Å². The summed E-state index contributed by atoms with van der Waals surface area (Å²) in [7, 11) is -3.64. The van der Waals surface area contributed by atoms with Crippen molar-refractivity contribution in [3.63, 3.8) is 0 Å². The number of nitrogens with two attached hydrogens (primary N) is 1. The van der Waals surface area contributed by atoms with Gasteiger partial charge in [0.05, 0.1) is 10.6 Å². The van der Waals surface area contributed by atoms with Gasteiger partial charge in [-0.1, -0.05) is 29.8 Å². The SMILES string of the molecule is Cc1ccc(N=Cc2ccc(S(N)(=O)=O)cc2)cc1. The molecule has 2 aromatic rings. The van der Waals surface area contributed by atoms with Gasteiger partial charge in [0.25, 0.3) is 0 Å². The Bertz CT molecular complexity index is 687. The Labute approximate surface area is 112 Å². The van der Waals surface area contributed by atoms with Gasteiger partial charge >= 0.3 is 0 Å². The van der Waals surface area contributed by atoms with Gasteiger partial charge in [0, 0.05) is 6.21 Å². The van der Waals surface area contributed by atoms with Crippen molar-refractivity contribution in [2.24, 2.45) is 10.1 Å². The molecule has 2 aromatic carbocycles. The fourth-order valence-electron chi connectivity index (χ4n) is 1.52. The largest absolute Gasteiger partial charge is 0.256 e. The van der Waals surface area contributed by atoms with Gasteiger partial charge in [-0.2, -0.15) is 0 Å². The van der Waals surface area contributed by atoms with Gasteiger partial charge in [0.15, 0.2) is 0 Å². The van der Waals surface area contributed by atoms with E-state index >= 15 is 0 Å². The monoisotopic (exact) mass is 274 g/mol. The Morgan fingerprint density at radius 3 is 2.11 bits per heavy atom. The lowest BCUT2D eigenvalue weighted by Gasteiger charge is -1.98. The molecule has 0 aromatic heterocycles. The summed E-state index contributed by atoms with van der Waals surface area (Å²) in [5.74, 6) is 0. The second-order valence-electron chi connectivity index (χ2n) is 4.21. The maximum absolute atomic E-state index is 11.1. The molecule has 0 atom stereocenters. The van der Waals surface area contributed by atoms with Gasteiger partial charge in [-0.3, -0.25) is 4.99 Å². The average Bonchev–Trinajstić information content (AvgIpc) is 2.37. The first-order valence-corrected chi connectivity index (χ1v) is 7.23. The molecule has 0 saturated carbocycles. The lowest BCUT2D eigenvalue weighted by molar-refractivity contribution is 0.598. The highest BCUT2D eigenvalue weighted by molar-refractivity contribution is 7.89. The van der Waals surface area contributed by atoms with Crippen LogP contribution in [0, 0.1) is 6.92 Å². The Morgan fingerprint density at radius 1 is 1.00 bits per heavy atom. The molecule has 0 heterocycles. The number of nitrogens with zero attached hydrogens (tertiary/aromatic N) is 1. The number of aliphatic imine (C=N–C) groups is 1. The fraction of sp³-hybridized carbons (Fsp3) is 0.0714. The van der Waals surface area contributed by atoms with Crippen LogP contribution < -0.4 is 5.14 Å². The third kappa shape index (κ3) is 3.74. The highest BCUT2D eigenvalue weighted by Crippen LogP contribution is 2.13. The number of hydrogen-bond acceptors (Lipinski definition) is 3. The van der Waals surface area contributed by atoms with E-state index in [9.17, 15) is 8.42 Å². The standard InChI is InChI=1S/C14H14N2O2S/c1-11-2-6-13(7-3-11)16-10-12-4-8-14(9-5-12)19(15,17)18/h2-10H,1H3,(H2,15,17,18). The van der Waals surface area contributed by atoms with Crippen molar-refractivity contribution < 1.29 is 8.42 Å². The first-order valence-electron chi connectivity index (χ1n) is 5.69. The van der Waals surface area contributed by atoms with Crippen LogP contribution in [0.3, 0.4) is 0 Å². The zero-order valence-electron chi connectivity index (χ0n) is 10.4. The zero-order chi connectivity index (χ0) is 13.9. The molecule has 0 aliphatic heterocycles. The molecule has 2 rings (SSSR count). The summed E-state index contributed by atoms with van der Waals surface area (Å²) < 4.78 is 22.2. The molecule has 0 unspecified atom stereocenters. The third-order valence-corrected chi connectivity index (χ3v) is 3.53. The van der Waals surface area contributed by atoms with Crippen LogP contribution in [-0.4, -0.2) is 14.6 Å². The third-order valence-electron chi connectivity index (χ3n) is 2.61. The van der Waals surface area contributed by atoms with E-state index in [-0.39, 0.29) is 4.90 Å². The zero-order valence-corrected chi connectivity index (χ0v) is 11.3. The van der Waals surface area contributed by atoms with Crippen molar-refractivity contribution in [2.45, 2.75) is 11.8 Å². The van der Waals surface area contributed by atoms with Crippen LogP contribution in [0.15, 0.2) is 58.4 Å². The van der Waals surface area contributed by atoms with Gasteiger partial charge in [-0.25, -0.2) is 13.6 Å². The second kappa shape index (κ2) is 5.34. The van der Waals surface area contributed by atoms with Crippen molar-refractivity contribution >= 4 is 21.9 Å². The minimum atomic E-state index is -3.64. The number of sulfonamides is 1. The van der Waals surface area contributed by atoms with Crippen molar-refractivity contribution in [1.82, 2.24) is 0 Å². The van der Waals surface area contributed by atoms with Crippen LogP contribution in [0.25, 0.3) is 0 Å². The summed E-state index contributed by atoms with van der Waals surface area (Å²) in [5, 5.41) is 5.02. The Balaban J connectivity index is 2.18. The van der Waals surface area contributed by atoms with E-state index in [2.05, 4.69) is 4.99 Å². The predicted molar refractivity (Wildman–Crippen MR) is 76.2 cm³/mol. The molecule has 0 bridgehead atoms. The Hall–Kier alpha value is -1.98. The number of aryl methyl sites for hydroxylation is 1. The topological polar surface area (TPSA) is 72.5 Å². The fourth-order valence-corrected chi connectivity index (χ4v) is 2.04. The first kappa shape index (κ1) is 13.5. The summed E-state index contributed by atoms with van der Waals surface area (Å²) in [6.45, 7) is 2.01. The summed E-state index contributed by atoms with van der Waals surface area (Å²) in [6.07, 6.45) is 1.68. The second-order valence-corrected chi connectivity index (χ2v) is 5.77. The molecule has 0 amide bonds. The van der Waals surface area contributed by atoms with Crippen LogP contribution in [0.4, 0.5) is 5.69 Å². The molecule has 0 spiro atoms. The van der Waals surface area contributed by atoms with Crippen molar-refractivity contribution in [1.29, 1.82) is 0 Å². The lowest BCUT2D eigenvalue weighted by Crippen LogP contribution is -2.11. The quantitative estimate of drug-likeness (QED) is 0.873. The van der Waals surface area contributed by atoms with Crippen LogP contribution in [0.5, 0.6) is 0 Å². The number of primary sulfonamides is 1. The summed E-state index contributed by atoms with van der Waals surface area (Å²) in [5.41, 5.74) is 2.84. The maximum Gasteiger partial charge on any atom is 0.238 e. The van der Waals surface area contributed by atoms with Gasteiger partial charge in [0.1, 0.15) is 0 Å². The van der Waals surface area contributed by atoms with Crippen LogP contribution in [-0.2, 0) is 10.0 Å². The molecule has 4 nitrogen and oxygen atoms in total. The van der Waals surface area contributed by atoms with Gasteiger partial charge in [0.2, 0.25) is 10.0 Å². The molecule has 0 fully saturated rings. The molecular weight excluding hydrogens is 260 g/mol. The lowest BCUT2D eigenvalue weighted by atomic mass is 10.2. The summed E-state index contributed by atoms with van der Waals surface area (Å²) in [6, 6.07) is 14.1. The van der Waals surface area contributed by atoms with E-state index in [1.807, 2.05) is 31.2 Å². The number of hydrogen-bond donors (Lipinski definition) is 1. The minimum absolute atomic E-state index is 0.0972. The van der Waals surface area contributed by atoms with E-state index in [1.165, 1.54) is 17.7 Å². The average molecular weight is 274 g/mol.